The van der Waals surface area contributed by atoms with E-state index >= 15 is 0 Å². The average molecular weight is 527 g/mol. The summed E-state index contributed by atoms with van der Waals surface area (Å²) in [6.07, 6.45) is 0.207. The van der Waals surface area contributed by atoms with Crippen LogP contribution in [0.4, 0.5) is 19.0 Å². The first kappa shape index (κ1) is 24.7. The molecule has 0 radical (unpaired) electrons. The number of halogens is 3. The summed E-state index contributed by atoms with van der Waals surface area (Å²) in [7, 11) is -3.96. The number of hydrogen-bond donors (Lipinski definition) is 1. The number of aromatic nitrogens is 3. The van der Waals surface area contributed by atoms with Gasteiger partial charge in [0.25, 0.3) is 10.0 Å². The van der Waals surface area contributed by atoms with Crippen molar-refractivity contribution in [2.24, 2.45) is 0 Å². The van der Waals surface area contributed by atoms with E-state index in [0.717, 1.165) is 17.8 Å². The molecular weight excluding hydrogens is 505 g/mol. The maximum absolute atomic E-state index is 13.6. The Kier molecular flexibility index (Phi) is 6.32. The Balaban J connectivity index is 1.56. The number of anilines is 1. The highest BCUT2D eigenvalue weighted by Gasteiger charge is 2.33. The van der Waals surface area contributed by atoms with Crippen molar-refractivity contribution in [2.75, 3.05) is 11.3 Å². The van der Waals surface area contributed by atoms with Crippen molar-refractivity contribution in [3.63, 3.8) is 0 Å². The topological polar surface area (TPSA) is 94.1 Å². The van der Waals surface area contributed by atoms with E-state index in [2.05, 4.69) is 19.7 Å². The van der Waals surface area contributed by atoms with E-state index in [4.69, 9.17) is 4.74 Å². The molecule has 0 spiro atoms. The monoisotopic (exact) mass is 526 g/mol. The van der Waals surface area contributed by atoms with Crippen molar-refractivity contribution < 1.29 is 26.3 Å². The number of fused-ring (bicyclic) bond motifs is 1. The molecule has 0 saturated carbocycles. The number of sulfonamides is 1. The van der Waals surface area contributed by atoms with Gasteiger partial charge in [0.2, 0.25) is 0 Å². The fraction of sp³-hybridized carbons (Fsp3) is 0.192. The zero-order chi connectivity index (χ0) is 26.2. The molecule has 190 valence electrons. The van der Waals surface area contributed by atoms with Gasteiger partial charge in [0.05, 0.1) is 17.1 Å². The molecule has 1 unspecified atom stereocenters. The lowest BCUT2D eigenvalue weighted by molar-refractivity contribution is -0.137. The molecule has 0 saturated heterocycles. The van der Waals surface area contributed by atoms with Crippen LogP contribution in [0.5, 0.6) is 5.75 Å². The quantitative estimate of drug-likeness (QED) is 0.365. The highest BCUT2D eigenvalue weighted by atomic mass is 32.2. The molecule has 1 aliphatic rings. The number of rotatable bonds is 5. The minimum atomic E-state index is -4.50. The first-order valence-corrected chi connectivity index (χ1v) is 12.8. The number of ether oxygens (including phenoxy) is 1. The highest BCUT2D eigenvalue weighted by Crippen LogP contribution is 2.44. The Morgan fingerprint density at radius 2 is 1.81 bits per heavy atom. The van der Waals surface area contributed by atoms with Crippen molar-refractivity contribution in [1.82, 2.24) is 15.0 Å². The van der Waals surface area contributed by atoms with Crippen LogP contribution in [0.2, 0.25) is 0 Å². The van der Waals surface area contributed by atoms with Crippen LogP contribution in [0, 0.1) is 6.92 Å². The standard InChI is InChI=1S/C26H21F3N4O3S/c1-16-2-3-17(14-31-16)23-12-18(26(27,28)29)4-6-20(23)21-9-11-36-24-13-19(5-7-22(21)24)37(34,35)33-25-8-10-30-15-32-25/h2-8,10,12-15,21H,9,11H2,1H3,(H,30,32,33). The lowest BCUT2D eigenvalue weighted by atomic mass is 9.82. The molecule has 1 N–H and O–H groups in total. The number of benzene rings is 2. The smallest absolute Gasteiger partial charge is 0.416 e. The Labute approximate surface area is 211 Å². The molecule has 3 heterocycles. The summed E-state index contributed by atoms with van der Waals surface area (Å²) in [5.41, 5.74) is 2.34. The molecule has 0 aliphatic carbocycles. The number of nitrogens with one attached hydrogen (secondary N) is 1. The van der Waals surface area contributed by atoms with Gasteiger partial charge in [-0.1, -0.05) is 18.2 Å². The van der Waals surface area contributed by atoms with Crippen LogP contribution in [-0.4, -0.2) is 30.0 Å². The lowest BCUT2D eigenvalue weighted by Crippen LogP contribution is -2.18. The molecule has 2 aromatic heterocycles. The second-order valence-corrected chi connectivity index (χ2v) is 10.3. The van der Waals surface area contributed by atoms with Crippen LogP contribution in [0.25, 0.3) is 11.1 Å². The van der Waals surface area contributed by atoms with Gasteiger partial charge in [-0.15, -0.1) is 0 Å². The first-order chi connectivity index (χ1) is 17.6. The van der Waals surface area contributed by atoms with Crippen LogP contribution in [-0.2, 0) is 16.2 Å². The van der Waals surface area contributed by atoms with Gasteiger partial charge in [0.15, 0.2) is 0 Å². The van der Waals surface area contributed by atoms with E-state index in [1.807, 2.05) is 0 Å². The Bertz CT molecular complexity index is 1540. The molecule has 5 rings (SSSR count). The maximum atomic E-state index is 13.6. The molecule has 0 bridgehead atoms. The second-order valence-electron chi connectivity index (χ2n) is 8.58. The highest BCUT2D eigenvalue weighted by molar-refractivity contribution is 7.92. The van der Waals surface area contributed by atoms with Gasteiger partial charge >= 0.3 is 6.18 Å². The van der Waals surface area contributed by atoms with Gasteiger partial charge < -0.3 is 4.74 Å². The van der Waals surface area contributed by atoms with Crippen LogP contribution < -0.4 is 9.46 Å². The van der Waals surface area contributed by atoms with E-state index < -0.39 is 21.8 Å². The van der Waals surface area contributed by atoms with Gasteiger partial charge in [-0.25, -0.2) is 18.4 Å². The van der Waals surface area contributed by atoms with E-state index in [0.29, 0.717) is 34.4 Å². The summed E-state index contributed by atoms with van der Waals surface area (Å²) in [6.45, 7) is 2.07. The fourth-order valence-electron chi connectivity index (χ4n) is 4.32. The Hall–Kier alpha value is -3.99. The molecule has 0 amide bonds. The van der Waals surface area contributed by atoms with Crippen molar-refractivity contribution in [3.05, 3.63) is 95.7 Å². The minimum Gasteiger partial charge on any atom is -0.493 e. The largest absolute Gasteiger partial charge is 0.493 e. The van der Waals surface area contributed by atoms with Crippen molar-refractivity contribution in [2.45, 2.75) is 30.3 Å². The SMILES string of the molecule is Cc1ccc(-c2cc(C(F)(F)F)ccc2C2CCOc3cc(S(=O)(=O)Nc4ccncn4)ccc32)cn1. The predicted octanol–water partition coefficient (Wildman–Crippen LogP) is 5.58. The van der Waals surface area contributed by atoms with Gasteiger partial charge in [0.1, 0.15) is 17.9 Å². The summed E-state index contributed by atoms with van der Waals surface area (Å²) in [4.78, 5) is 11.9. The molecule has 11 heteroatoms. The zero-order valence-electron chi connectivity index (χ0n) is 19.5. The number of pyridine rings is 1. The molecule has 0 fully saturated rings. The lowest BCUT2D eigenvalue weighted by Gasteiger charge is -2.29. The number of nitrogens with zero attached hydrogens (tertiary/aromatic N) is 3. The van der Waals surface area contributed by atoms with E-state index in [-0.39, 0.29) is 23.2 Å². The fourth-order valence-corrected chi connectivity index (χ4v) is 5.34. The van der Waals surface area contributed by atoms with Crippen LogP contribution >= 0.6 is 0 Å². The molecule has 7 nitrogen and oxygen atoms in total. The summed E-state index contributed by atoms with van der Waals surface area (Å²) in [5, 5.41) is 0. The van der Waals surface area contributed by atoms with Crippen LogP contribution in [0.15, 0.2) is 78.2 Å². The molecule has 1 aliphatic heterocycles. The van der Waals surface area contributed by atoms with Gasteiger partial charge in [0, 0.05) is 41.2 Å². The number of alkyl halides is 3. The van der Waals surface area contributed by atoms with Gasteiger partial charge in [-0.3, -0.25) is 9.71 Å². The first-order valence-electron chi connectivity index (χ1n) is 11.3. The summed E-state index contributed by atoms with van der Waals surface area (Å²) >= 11 is 0. The minimum absolute atomic E-state index is 0.0270. The van der Waals surface area contributed by atoms with Crippen molar-refractivity contribution in [3.8, 4) is 16.9 Å². The summed E-state index contributed by atoms with van der Waals surface area (Å²) in [5.74, 6) is 0.163. The number of hydrogen-bond acceptors (Lipinski definition) is 6. The van der Waals surface area contributed by atoms with Gasteiger partial charge in [-0.05, 0) is 54.8 Å². The summed E-state index contributed by atoms with van der Waals surface area (Å²) in [6, 6.07) is 13.1. The second kappa shape index (κ2) is 9.47. The number of aryl methyl sites for hydroxylation is 1. The maximum Gasteiger partial charge on any atom is 0.416 e. The van der Waals surface area contributed by atoms with Crippen LogP contribution in [0.1, 0.15) is 34.7 Å². The van der Waals surface area contributed by atoms with E-state index in [9.17, 15) is 21.6 Å². The molecular formula is C26H21F3N4O3S. The van der Waals surface area contributed by atoms with E-state index in [1.54, 1.807) is 31.3 Å². The zero-order valence-corrected chi connectivity index (χ0v) is 20.3. The third kappa shape index (κ3) is 5.12. The Morgan fingerprint density at radius 1 is 1.00 bits per heavy atom. The normalized spacial score (nSPS) is 15.5. The third-order valence-corrected chi connectivity index (χ3v) is 7.49. The summed E-state index contributed by atoms with van der Waals surface area (Å²) < 4.78 is 74.7. The average Bonchev–Trinajstić information content (AvgIpc) is 2.88. The molecule has 2 aromatic carbocycles. The molecule has 1 atom stereocenters. The molecule has 37 heavy (non-hydrogen) atoms. The predicted molar refractivity (Wildman–Crippen MR) is 131 cm³/mol. The van der Waals surface area contributed by atoms with E-state index in [1.165, 1.54) is 36.8 Å². The van der Waals surface area contributed by atoms with Gasteiger partial charge in [-0.2, -0.15) is 13.2 Å². The molecule has 4 aromatic rings. The Morgan fingerprint density at radius 3 is 2.51 bits per heavy atom. The third-order valence-electron chi connectivity index (χ3n) is 6.13. The van der Waals surface area contributed by atoms with Crippen molar-refractivity contribution in [1.29, 1.82) is 0 Å². The van der Waals surface area contributed by atoms with Crippen LogP contribution in [0.3, 0.4) is 0 Å². The van der Waals surface area contributed by atoms with Crippen molar-refractivity contribution >= 4 is 15.8 Å².